The summed E-state index contributed by atoms with van der Waals surface area (Å²) < 4.78 is 13.1. The van der Waals surface area contributed by atoms with Gasteiger partial charge in [-0.3, -0.25) is 4.79 Å². The number of aryl methyl sites for hydroxylation is 1. The lowest BCUT2D eigenvalue weighted by atomic mass is 9.72. The van der Waals surface area contributed by atoms with E-state index in [1.807, 2.05) is 73.1 Å². The molecule has 0 N–H and O–H groups in total. The van der Waals surface area contributed by atoms with Crippen molar-refractivity contribution in [3.05, 3.63) is 54.1 Å². The van der Waals surface area contributed by atoms with Crippen LogP contribution < -0.4 is 14.4 Å². The molecule has 3 aromatic rings. The first-order chi connectivity index (χ1) is 15.4. The predicted octanol–water partition coefficient (Wildman–Crippen LogP) is 3.83. The molecule has 0 atom stereocenters. The Bertz CT molecular complexity index is 1230. The number of carbonyl (C=O) groups is 1. The number of methoxy groups -OCH3 is 2. The molecule has 1 aromatic heterocycles. The second-order valence-electron chi connectivity index (χ2n) is 8.70. The number of benzene rings is 2. The maximum absolute atomic E-state index is 14.1. The molecule has 0 saturated heterocycles. The summed E-state index contributed by atoms with van der Waals surface area (Å²) >= 11 is 0. The van der Waals surface area contributed by atoms with Crippen LogP contribution in [-0.4, -0.2) is 54.1 Å². The number of hydrogen-bond acceptors (Lipinski definition) is 6. The largest absolute Gasteiger partial charge is 0.497 e. The summed E-state index contributed by atoms with van der Waals surface area (Å²) in [6.45, 7) is 0. The van der Waals surface area contributed by atoms with Crippen molar-refractivity contribution >= 4 is 28.1 Å². The van der Waals surface area contributed by atoms with Gasteiger partial charge in [-0.05, 0) is 31.4 Å². The zero-order chi connectivity index (χ0) is 22.6. The fraction of sp³-hybridized carbons (Fsp3) is 0.360. The van der Waals surface area contributed by atoms with Gasteiger partial charge in [-0.15, -0.1) is 0 Å². The third kappa shape index (κ3) is 2.73. The van der Waals surface area contributed by atoms with E-state index >= 15 is 0 Å². The number of Topliss-reactive ketones (excluding diaryl/α,β-unsaturated/α-hetero) is 1. The molecule has 1 spiro atoms. The number of para-hydroxylation sites is 2. The van der Waals surface area contributed by atoms with Crippen LogP contribution >= 0.6 is 0 Å². The van der Waals surface area contributed by atoms with Gasteiger partial charge >= 0.3 is 0 Å². The summed E-state index contributed by atoms with van der Waals surface area (Å²) in [6.07, 6.45) is 2.62. The second-order valence-corrected chi connectivity index (χ2v) is 8.70. The molecular formula is C25H28N4O3. The number of hydrogen-bond donors (Lipinski definition) is 0. The third-order valence-electron chi connectivity index (χ3n) is 6.72. The van der Waals surface area contributed by atoms with E-state index in [1.165, 1.54) is 0 Å². The van der Waals surface area contributed by atoms with Crippen LogP contribution in [0.1, 0.15) is 25.1 Å². The first-order valence-electron chi connectivity index (χ1n) is 10.8. The van der Waals surface area contributed by atoms with Gasteiger partial charge in [0.25, 0.3) is 0 Å². The number of ether oxygens (including phenoxy) is 2. The second kappa shape index (κ2) is 7.29. The summed E-state index contributed by atoms with van der Waals surface area (Å²) in [5.74, 6) is 3.06. The molecule has 1 aliphatic carbocycles. The van der Waals surface area contributed by atoms with E-state index in [0.29, 0.717) is 22.9 Å². The van der Waals surface area contributed by atoms with Crippen molar-refractivity contribution in [2.75, 3.05) is 33.2 Å². The van der Waals surface area contributed by atoms with Crippen LogP contribution in [0, 0.1) is 0 Å². The summed E-state index contributed by atoms with van der Waals surface area (Å²) in [4.78, 5) is 23.2. The highest BCUT2D eigenvalue weighted by Gasteiger charge is 2.58. The third-order valence-corrected chi connectivity index (χ3v) is 6.72. The van der Waals surface area contributed by atoms with Crippen molar-refractivity contribution in [2.24, 2.45) is 7.05 Å². The van der Waals surface area contributed by atoms with E-state index in [1.54, 1.807) is 14.2 Å². The van der Waals surface area contributed by atoms with Crippen molar-refractivity contribution in [3.63, 3.8) is 0 Å². The van der Waals surface area contributed by atoms with E-state index in [4.69, 9.17) is 14.5 Å². The van der Waals surface area contributed by atoms with Crippen LogP contribution in [0.2, 0.25) is 0 Å². The maximum Gasteiger partial charge on any atom is 0.196 e. The van der Waals surface area contributed by atoms with Crippen LogP contribution in [0.15, 0.2) is 48.3 Å². The number of ketones is 1. The zero-order valence-corrected chi connectivity index (χ0v) is 19.2. The number of fused-ring (bicyclic) bond motifs is 1. The average Bonchev–Trinajstić information content (AvgIpc) is 3.25. The van der Waals surface area contributed by atoms with Gasteiger partial charge in [0.1, 0.15) is 34.3 Å². The molecule has 0 bridgehead atoms. The summed E-state index contributed by atoms with van der Waals surface area (Å²) in [6, 6.07) is 13.8. The molecule has 0 radical (unpaired) electrons. The zero-order valence-electron chi connectivity index (χ0n) is 19.2. The highest BCUT2D eigenvalue weighted by molar-refractivity contribution is 6.30. The van der Waals surface area contributed by atoms with Crippen molar-refractivity contribution in [3.8, 4) is 11.5 Å². The minimum absolute atomic E-state index is 0.132. The Hall–Kier alpha value is -3.48. The number of imidazole rings is 1. The first kappa shape index (κ1) is 20.4. The van der Waals surface area contributed by atoms with Gasteiger partial charge in [0, 0.05) is 39.3 Å². The summed E-state index contributed by atoms with van der Waals surface area (Å²) in [5.41, 5.74) is 2.82. The predicted molar refractivity (Wildman–Crippen MR) is 125 cm³/mol. The summed E-state index contributed by atoms with van der Waals surface area (Å²) in [5, 5.41) is 0. The molecule has 0 amide bonds. The van der Waals surface area contributed by atoms with Crippen molar-refractivity contribution in [1.82, 2.24) is 14.5 Å². The fourth-order valence-corrected chi connectivity index (χ4v) is 5.00. The van der Waals surface area contributed by atoms with Crippen LogP contribution in [0.25, 0.3) is 16.6 Å². The van der Waals surface area contributed by atoms with Crippen molar-refractivity contribution in [1.29, 1.82) is 0 Å². The van der Waals surface area contributed by atoms with E-state index < -0.39 is 5.54 Å². The smallest absolute Gasteiger partial charge is 0.196 e. The minimum Gasteiger partial charge on any atom is -0.497 e. The standard InChI is InChI=1S/C25H28N4O3/c1-27(2)24-21(23-26-19-9-6-7-10-20(19)28(23)3)22(30)25(11-8-12-25)29(24)16-13-17(31-4)15-18(14-16)32-5/h6-7,9-10,13-15H,8,11-12H2,1-5H3. The Morgan fingerprint density at radius 2 is 1.69 bits per heavy atom. The molecule has 2 heterocycles. The van der Waals surface area contributed by atoms with E-state index in [0.717, 1.165) is 41.8 Å². The van der Waals surface area contributed by atoms with Gasteiger partial charge in [0.15, 0.2) is 5.78 Å². The molecule has 1 aliphatic heterocycles. The molecule has 32 heavy (non-hydrogen) atoms. The number of carbonyl (C=O) groups excluding carboxylic acids is 1. The lowest BCUT2D eigenvalue weighted by Crippen LogP contribution is -2.56. The van der Waals surface area contributed by atoms with Gasteiger partial charge < -0.3 is 23.8 Å². The topological polar surface area (TPSA) is 59.8 Å². The monoisotopic (exact) mass is 432 g/mol. The van der Waals surface area contributed by atoms with Gasteiger partial charge in [-0.25, -0.2) is 4.98 Å². The van der Waals surface area contributed by atoms with E-state index in [2.05, 4.69) is 4.90 Å². The van der Waals surface area contributed by atoms with Crippen LogP contribution in [0.5, 0.6) is 11.5 Å². The van der Waals surface area contributed by atoms with E-state index in [-0.39, 0.29) is 5.78 Å². The molecule has 7 heteroatoms. The Balaban J connectivity index is 1.78. The molecular weight excluding hydrogens is 404 g/mol. The molecule has 0 unspecified atom stereocenters. The lowest BCUT2D eigenvalue weighted by Gasteiger charge is -2.47. The van der Waals surface area contributed by atoms with Crippen molar-refractivity contribution < 1.29 is 14.3 Å². The Morgan fingerprint density at radius 3 is 2.22 bits per heavy atom. The van der Waals surface area contributed by atoms with Gasteiger partial charge in [-0.2, -0.15) is 0 Å². The maximum atomic E-state index is 14.1. The summed E-state index contributed by atoms with van der Waals surface area (Å²) in [7, 11) is 9.21. The quantitative estimate of drug-likeness (QED) is 0.611. The van der Waals surface area contributed by atoms with Gasteiger partial charge in [-0.1, -0.05) is 12.1 Å². The first-order valence-corrected chi connectivity index (χ1v) is 10.8. The SMILES string of the molecule is COc1cc(OC)cc(N2C(N(C)C)=C(c3nc4ccccc4n3C)C(=O)C23CCC3)c1. The highest BCUT2D eigenvalue weighted by Crippen LogP contribution is 2.53. The molecule has 166 valence electrons. The average molecular weight is 433 g/mol. The van der Waals surface area contributed by atoms with Crippen LogP contribution in [0.4, 0.5) is 5.69 Å². The normalized spacial score (nSPS) is 17.3. The molecule has 2 aliphatic rings. The number of anilines is 1. The lowest BCUT2D eigenvalue weighted by molar-refractivity contribution is -0.120. The molecule has 1 fully saturated rings. The Kier molecular flexibility index (Phi) is 4.65. The number of aromatic nitrogens is 2. The Morgan fingerprint density at radius 1 is 1.03 bits per heavy atom. The van der Waals surface area contributed by atoms with Gasteiger partial charge in [0.2, 0.25) is 0 Å². The van der Waals surface area contributed by atoms with Crippen LogP contribution in [0.3, 0.4) is 0 Å². The molecule has 5 rings (SSSR count). The minimum atomic E-state index is -0.607. The molecule has 1 saturated carbocycles. The van der Waals surface area contributed by atoms with Gasteiger partial charge in [0.05, 0.1) is 30.9 Å². The Labute approximate surface area is 187 Å². The fourth-order valence-electron chi connectivity index (χ4n) is 5.00. The van der Waals surface area contributed by atoms with Crippen LogP contribution in [-0.2, 0) is 11.8 Å². The number of rotatable bonds is 5. The van der Waals surface area contributed by atoms with E-state index in [9.17, 15) is 4.79 Å². The number of nitrogens with zero attached hydrogens (tertiary/aromatic N) is 4. The highest BCUT2D eigenvalue weighted by atomic mass is 16.5. The molecule has 7 nitrogen and oxygen atoms in total. The van der Waals surface area contributed by atoms with Crippen molar-refractivity contribution in [2.45, 2.75) is 24.8 Å². The molecule has 2 aromatic carbocycles.